The number of hydrogen-bond acceptors (Lipinski definition) is 3. The number of unbranched alkanes of at least 4 members (excludes halogenated alkanes) is 3. The third-order valence-corrected chi connectivity index (χ3v) is 2.38. The molecular weight excluding hydrogens is 224 g/mol. The molecule has 0 saturated heterocycles. The Morgan fingerprint density at radius 1 is 1.00 bits per heavy atom. The van der Waals surface area contributed by atoms with Crippen molar-refractivity contribution >= 4 is 24.6 Å². The minimum atomic E-state index is -0.0408. The zero-order valence-corrected chi connectivity index (χ0v) is 11.0. The van der Waals surface area contributed by atoms with Gasteiger partial charge in [-0.2, -0.15) is 0 Å². The van der Waals surface area contributed by atoms with Crippen LogP contribution in [0.3, 0.4) is 0 Å². The number of amides is 2. The van der Waals surface area contributed by atoms with E-state index >= 15 is 0 Å². The molecule has 0 heterocycles. The molecule has 4 nitrogen and oxygen atoms in total. The lowest BCUT2D eigenvalue weighted by atomic mass is 10.1. The molecule has 0 radical (unpaired) electrons. The van der Waals surface area contributed by atoms with Crippen molar-refractivity contribution in [1.82, 2.24) is 10.0 Å². The van der Waals surface area contributed by atoms with Gasteiger partial charge in [-0.25, -0.2) is 0 Å². The Kier molecular flexibility index (Phi) is 9.09. The van der Waals surface area contributed by atoms with Crippen LogP contribution in [0.15, 0.2) is 0 Å². The monoisotopic (exact) mass is 246 g/mol. The molecule has 0 unspecified atom stereocenters. The smallest absolute Gasteiger partial charge is 0.229 e. The highest BCUT2D eigenvalue weighted by Crippen LogP contribution is 2.05. The first-order chi connectivity index (χ1) is 7.56. The van der Waals surface area contributed by atoms with Gasteiger partial charge >= 0.3 is 0 Å². The number of thiol groups is 1. The summed E-state index contributed by atoms with van der Waals surface area (Å²) >= 11 is 3.67. The first kappa shape index (κ1) is 15.3. The van der Waals surface area contributed by atoms with Crippen molar-refractivity contribution in [2.75, 3.05) is 0 Å². The largest absolute Gasteiger partial charge is 0.354 e. The van der Waals surface area contributed by atoms with Gasteiger partial charge in [0, 0.05) is 18.9 Å². The normalized spacial score (nSPS) is 10.2. The van der Waals surface area contributed by atoms with Crippen LogP contribution in [0.4, 0.5) is 0 Å². The van der Waals surface area contributed by atoms with E-state index in [4.69, 9.17) is 0 Å². The van der Waals surface area contributed by atoms with Crippen molar-refractivity contribution in [3.63, 3.8) is 0 Å². The lowest BCUT2D eigenvalue weighted by molar-refractivity contribution is -0.122. The molecule has 0 fully saturated rings. The van der Waals surface area contributed by atoms with E-state index in [1.54, 1.807) is 0 Å². The zero-order valence-electron chi connectivity index (χ0n) is 10.1. The van der Waals surface area contributed by atoms with E-state index in [0.29, 0.717) is 12.8 Å². The molecule has 2 amide bonds. The molecule has 0 aromatic carbocycles. The second kappa shape index (κ2) is 9.51. The Morgan fingerprint density at radius 2 is 1.50 bits per heavy atom. The molecule has 0 saturated carbocycles. The number of nitrogens with one attached hydrogen (secondary N) is 2. The van der Waals surface area contributed by atoms with Gasteiger partial charge in [-0.1, -0.05) is 25.7 Å². The van der Waals surface area contributed by atoms with Crippen molar-refractivity contribution in [3.05, 3.63) is 0 Å². The molecule has 16 heavy (non-hydrogen) atoms. The minimum absolute atomic E-state index is 0.0408. The first-order valence-corrected chi connectivity index (χ1v) is 6.23. The van der Waals surface area contributed by atoms with E-state index in [9.17, 15) is 9.59 Å². The highest BCUT2D eigenvalue weighted by molar-refractivity contribution is 7.78. The molecule has 0 aliphatic rings. The van der Waals surface area contributed by atoms with Gasteiger partial charge in [0.1, 0.15) is 0 Å². The number of rotatable bonds is 8. The Morgan fingerprint density at radius 3 is 1.94 bits per heavy atom. The van der Waals surface area contributed by atoms with Crippen LogP contribution in [-0.4, -0.2) is 17.9 Å². The van der Waals surface area contributed by atoms with Crippen molar-refractivity contribution in [3.8, 4) is 0 Å². The molecule has 0 aliphatic heterocycles. The van der Waals surface area contributed by atoms with Crippen molar-refractivity contribution in [1.29, 1.82) is 0 Å². The van der Waals surface area contributed by atoms with Crippen LogP contribution in [0.25, 0.3) is 0 Å². The Labute approximate surface area is 103 Å². The fourth-order valence-electron chi connectivity index (χ4n) is 1.37. The highest BCUT2D eigenvalue weighted by Gasteiger charge is 2.03. The predicted octanol–water partition coefficient (Wildman–Crippen LogP) is 1.81. The molecule has 5 heteroatoms. The summed E-state index contributed by atoms with van der Waals surface area (Å²) in [6.45, 7) is 3.90. The summed E-state index contributed by atoms with van der Waals surface area (Å²) in [6, 6.07) is 0.214. The Hall–Kier alpha value is -0.710. The molecule has 0 atom stereocenters. The lowest BCUT2D eigenvalue weighted by Gasteiger charge is -2.07. The third kappa shape index (κ3) is 9.83. The summed E-state index contributed by atoms with van der Waals surface area (Å²) < 4.78 is 2.29. The van der Waals surface area contributed by atoms with Crippen LogP contribution in [0.2, 0.25) is 0 Å². The van der Waals surface area contributed by atoms with Crippen LogP contribution in [0.5, 0.6) is 0 Å². The van der Waals surface area contributed by atoms with Gasteiger partial charge in [-0.15, -0.1) is 0 Å². The average Bonchev–Trinajstić information content (AvgIpc) is 2.21. The Balaban J connectivity index is 3.27. The second-order valence-corrected chi connectivity index (χ2v) is 4.40. The predicted molar refractivity (Wildman–Crippen MR) is 68.1 cm³/mol. The lowest BCUT2D eigenvalue weighted by Crippen LogP contribution is -2.29. The number of carbonyl (C=O) groups is 2. The number of hydrogen-bond donors (Lipinski definition) is 3. The molecule has 0 spiro atoms. The molecular formula is C11H22N2O2S. The summed E-state index contributed by atoms with van der Waals surface area (Å²) in [7, 11) is 0. The highest BCUT2D eigenvalue weighted by atomic mass is 32.1. The van der Waals surface area contributed by atoms with E-state index in [1.807, 2.05) is 13.8 Å². The summed E-state index contributed by atoms with van der Waals surface area (Å²) in [5.74, 6) is 0.0731. The topological polar surface area (TPSA) is 58.2 Å². The van der Waals surface area contributed by atoms with E-state index < -0.39 is 0 Å². The molecule has 0 aromatic rings. The van der Waals surface area contributed by atoms with Crippen LogP contribution < -0.4 is 10.0 Å². The Bertz CT molecular complexity index is 220. The van der Waals surface area contributed by atoms with E-state index in [2.05, 4.69) is 22.9 Å². The maximum Gasteiger partial charge on any atom is 0.229 e. The molecule has 0 aromatic heterocycles. The van der Waals surface area contributed by atoms with Crippen molar-refractivity contribution in [2.24, 2.45) is 0 Å². The van der Waals surface area contributed by atoms with E-state index in [0.717, 1.165) is 25.7 Å². The van der Waals surface area contributed by atoms with Crippen LogP contribution in [0, 0.1) is 0 Å². The van der Waals surface area contributed by atoms with Crippen LogP contribution in [0.1, 0.15) is 52.4 Å². The van der Waals surface area contributed by atoms with Crippen molar-refractivity contribution < 1.29 is 9.59 Å². The zero-order chi connectivity index (χ0) is 12.4. The van der Waals surface area contributed by atoms with Crippen LogP contribution >= 0.6 is 12.8 Å². The SMILES string of the molecule is CC(C)NC(=O)CCCCCCC(=O)NS. The molecule has 0 aliphatic carbocycles. The molecule has 94 valence electrons. The van der Waals surface area contributed by atoms with Crippen molar-refractivity contribution in [2.45, 2.75) is 58.4 Å². The van der Waals surface area contributed by atoms with Gasteiger partial charge in [-0.05, 0) is 26.7 Å². The summed E-state index contributed by atoms with van der Waals surface area (Å²) in [5.41, 5.74) is 0. The quantitative estimate of drug-likeness (QED) is 0.452. The van der Waals surface area contributed by atoms with E-state index in [-0.39, 0.29) is 17.9 Å². The molecule has 0 bridgehead atoms. The summed E-state index contributed by atoms with van der Waals surface area (Å²) in [6.07, 6.45) is 4.82. The van der Waals surface area contributed by atoms with Gasteiger partial charge < -0.3 is 10.0 Å². The van der Waals surface area contributed by atoms with Gasteiger partial charge in [0.25, 0.3) is 0 Å². The first-order valence-electron chi connectivity index (χ1n) is 5.78. The minimum Gasteiger partial charge on any atom is -0.354 e. The molecule has 2 N–H and O–H groups in total. The molecule has 0 rings (SSSR count). The fraction of sp³-hybridized carbons (Fsp3) is 0.818. The van der Waals surface area contributed by atoms with Gasteiger partial charge in [0.15, 0.2) is 0 Å². The maximum atomic E-state index is 11.3. The maximum absolute atomic E-state index is 11.3. The van der Waals surface area contributed by atoms with Gasteiger partial charge in [-0.3, -0.25) is 9.59 Å². The standard InChI is InChI=1S/C11H22N2O2S/c1-9(2)12-10(14)7-5-3-4-6-8-11(15)13-16/h9,16H,3-8H2,1-2H3,(H,12,14)(H,13,15). The summed E-state index contributed by atoms with van der Waals surface area (Å²) in [5, 5.41) is 2.85. The average molecular weight is 246 g/mol. The van der Waals surface area contributed by atoms with Gasteiger partial charge in [0.05, 0.1) is 0 Å². The second-order valence-electron chi connectivity index (χ2n) is 4.17. The van der Waals surface area contributed by atoms with Gasteiger partial charge in [0.2, 0.25) is 11.8 Å². The van der Waals surface area contributed by atoms with E-state index in [1.165, 1.54) is 0 Å². The van der Waals surface area contributed by atoms with Crippen LogP contribution in [-0.2, 0) is 9.59 Å². The third-order valence-electron chi connectivity index (χ3n) is 2.13. The summed E-state index contributed by atoms with van der Waals surface area (Å²) in [4.78, 5) is 22.1. The fourth-order valence-corrected chi connectivity index (χ4v) is 1.49. The number of carbonyl (C=O) groups excluding carboxylic acids is 2.